The van der Waals surface area contributed by atoms with Crippen molar-refractivity contribution in [1.29, 1.82) is 0 Å². The molecule has 0 radical (unpaired) electrons. The van der Waals surface area contributed by atoms with Gasteiger partial charge in [0.05, 0.1) is 0 Å². The lowest BCUT2D eigenvalue weighted by Crippen LogP contribution is -2.23. The molecule has 0 aromatic heterocycles. The zero-order chi connectivity index (χ0) is 19.6. The van der Waals surface area contributed by atoms with Gasteiger partial charge >= 0.3 is 5.97 Å². The van der Waals surface area contributed by atoms with Crippen LogP contribution in [0.3, 0.4) is 0 Å². The summed E-state index contributed by atoms with van der Waals surface area (Å²) in [7, 11) is 0. The van der Waals surface area contributed by atoms with E-state index in [1.54, 1.807) is 6.92 Å². The maximum Gasteiger partial charge on any atom is 0.335 e. The minimum absolute atomic E-state index is 0.168. The molecule has 2 atom stereocenters. The molecule has 0 heterocycles. The molecular formula is C23H43FO2. The molecule has 0 bridgehead atoms. The summed E-state index contributed by atoms with van der Waals surface area (Å²) in [4.78, 5) is 11.6. The van der Waals surface area contributed by atoms with Crippen LogP contribution in [0.15, 0.2) is 12.2 Å². The van der Waals surface area contributed by atoms with Crippen LogP contribution in [0, 0.1) is 5.92 Å². The molecule has 0 aliphatic rings. The topological polar surface area (TPSA) is 26.3 Å². The van der Waals surface area contributed by atoms with E-state index in [-0.39, 0.29) is 11.5 Å². The number of carbonyl (C=O) groups is 1. The van der Waals surface area contributed by atoms with Crippen LogP contribution in [-0.2, 0) is 9.53 Å². The van der Waals surface area contributed by atoms with Gasteiger partial charge in [0.15, 0.2) is 0 Å². The molecular weight excluding hydrogens is 327 g/mol. The lowest BCUT2D eigenvalue weighted by Gasteiger charge is -2.21. The van der Waals surface area contributed by atoms with Crippen LogP contribution in [0.1, 0.15) is 117 Å². The van der Waals surface area contributed by atoms with E-state index in [1.165, 1.54) is 51.4 Å². The van der Waals surface area contributed by atoms with Crippen LogP contribution in [0.5, 0.6) is 0 Å². The van der Waals surface area contributed by atoms with Gasteiger partial charge in [0.25, 0.3) is 0 Å². The van der Waals surface area contributed by atoms with Crippen molar-refractivity contribution in [2.24, 2.45) is 5.92 Å². The lowest BCUT2D eigenvalue weighted by atomic mass is 9.94. The average molecular weight is 371 g/mol. The van der Waals surface area contributed by atoms with Gasteiger partial charge in [-0.2, -0.15) is 0 Å². The molecule has 0 amide bonds. The van der Waals surface area contributed by atoms with E-state index in [2.05, 4.69) is 20.4 Å². The zero-order valence-electron chi connectivity index (χ0n) is 17.7. The summed E-state index contributed by atoms with van der Waals surface area (Å²) < 4.78 is 19.3. The third-order valence-corrected chi connectivity index (χ3v) is 5.05. The Kier molecular flexibility index (Phi) is 17.0. The van der Waals surface area contributed by atoms with Gasteiger partial charge in [-0.15, -0.1) is 0 Å². The van der Waals surface area contributed by atoms with E-state index in [1.807, 2.05) is 0 Å². The SMILES string of the molecule is C=C(C)C(=O)OC(F)C(CCCCC)CCCCCCCCCCCC. The van der Waals surface area contributed by atoms with E-state index < -0.39 is 12.3 Å². The van der Waals surface area contributed by atoms with Crippen molar-refractivity contribution < 1.29 is 13.9 Å². The highest BCUT2D eigenvalue weighted by Gasteiger charge is 2.24. The average Bonchev–Trinajstić information content (AvgIpc) is 2.61. The van der Waals surface area contributed by atoms with Gasteiger partial charge in [-0.05, 0) is 19.8 Å². The Morgan fingerprint density at radius 1 is 0.808 bits per heavy atom. The second-order valence-electron chi connectivity index (χ2n) is 7.76. The smallest absolute Gasteiger partial charge is 0.335 e. The standard InChI is InChI=1S/C23H43FO2/c1-5-7-9-10-11-12-13-14-15-17-19-21(18-16-8-6-2)22(24)26-23(25)20(3)4/h21-22H,3,5-19H2,1-2,4H3. The number of hydrogen-bond donors (Lipinski definition) is 0. The van der Waals surface area contributed by atoms with Gasteiger partial charge in [0, 0.05) is 11.5 Å². The van der Waals surface area contributed by atoms with E-state index in [9.17, 15) is 9.18 Å². The van der Waals surface area contributed by atoms with Gasteiger partial charge in [0.2, 0.25) is 6.36 Å². The third kappa shape index (κ3) is 14.3. The van der Waals surface area contributed by atoms with Gasteiger partial charge in [0.1, 0.15) is 0 Å². The summed E-state index contributed by atoms with van der Waals surface area (Å²) in [5.74, 6) is -0.778. The number of esters is 1. The van der Waals surface area contributed by atoms with Crippen LogP contribution in [0.2, 0.25) is 0 Å². The fourth-order valence-electron chi connectivity index (χ4n) is 3.26. The molecule has 0 aliphatic heterocycles. The van der Waals surface area contributed by atoms with E-state index in [4.69, 9.17) is 4.74 Å². The van der Waals surface area contributed by atoms with E-state index in [0.29, 0.717) is 0 Å². The number of halogens is 1. The Labute approximate surface area is 162 Å². The van der Waals surface area contributed by atoms with Crippen molar-refractivity contribution in [3.8, 4) is 0 Å². The van der Waals surface area contributed by atoms with Crippen LogP contribution in [0.4, 0.5) is 4.39 Å². The number of carbonyl (C=O) groups excluding carboxylic acids is 1. The fraction of sp³-hybridized carbons (Fsp3) is 0.870. The molecule has 0 aromatic rings. The number of alkyl halides is 1. The first-order chi connectivity index (χ1) is 12.5. The van der Waals surface area contributed by atoms with Gasteiger partial charge in [-0.3, -0.25) is 0 Å². The van der Waals surface area contributed by atoms with Gasteiger partial charge in [-0.1, -0.05) is 104 Å². The normalized spacial score (nSPS) is 13.4. The maximum atomic E-state index is 14.4. The third-order valence-electron chi connectivity index (χ3n) is 5.05. The molecule has 0 aromatic carbocycles. The summed E-state index contributed by atoms with van der Waals surface area (Å²) in [5.41, 5.74) is 0.263. The Morgan fingerprint density at radius 2 is 1.19 bits per heavy atom. The summed E-state index contributed by atoms with van der Waals surface area (Å²) in [6.45, 7) is 9.48. The molecule has 0 fully saturated rings. The number of unbranched alkanes of at least 4 members (excludes halogenated alkanes) is 11. The molecule has 0 aliphatic carbocycles. The van der Waals surface area contributed by atoms with Crippen molar-refractivity contribution in [1.82, 2.24) is 0 Å². The Hall–Kier alpha value is -0.860. The number of ether oxygens (including phenoxy) is 1. The highest BCUT2D eigenvalue weighted by Crippen LogP contribution is 2.25. The van der Waals surface area contributed by atoms with Crippen LogP contribution in [-0.4, -0.2) is 12.3 Å². The molecule has 3 heteroatoms. The van der Waals surface area contributed by atoms with Crippen LogP contribution >= 0.6 is 0 Å². The molecule has 26 heavy (non-hydrogen) atoms. The van der Waals surface area contributed by atoms with Crippen molar-refractivity contribution in [3.63, 3.8) is 0 Å². The van der Waals surface area contributed by atoms with Crippen LogP contribution < -0.4 is 0 Å². The Morgan fingerprint density at radius 3 is 1.65 bits per heavy atom. The molecule has 154 valence electrons. The lowest BCUT2D eigenvalue weighted by molar-refractivity contribution is -0.159. The summed E-state index contributed by atoms with van der Waals surface area (Å²) in [6.07, 6.45) is 16.1. The minimum Gasteiger partial charge on any atom is -0.427 e. The molecule has 2 nitrogen and oxygen atoms in total. The van der Waals surface area contributed by atoms with E-state index in [0.717, 1.165) is 44.9 Å². The molecule has 0 spiro atoms. The highest BCUT2D eigenvalue weighted by molar-refractivity contribution is 5.87. The highest BCUT2D eigenvalue weighted by atomic mass is 19.1. The molecule has 0 saturated carbocycles. The second kappa shape index (κ2) is 17.5. The monoisotopic (exact) mass is 370 g/mol. The number of hydrogen-bond acceptors (Lipinski definition) is 2. The maximum absolute atomic E-state index is 14.4. The summed E-state index contributed by atoms with van der Waals surface area (Å²) in [5, 5.41) is 0. The predicted octanol–water partition coefficient (Wildman–Crippen LogP) is 7.91. The first-order valence-corrected chi connectivity index (χ1v) is 11.0. The zero-order valence-corrected chi connectivity index (χ0v) is 17.7. The van der Waals surface area contributed by atoms with Crippen molar-refractivity contribution >= 4 is 5.97 Å². The van der Waals surface area contributed by atoms with E-state index >= 15 is 0 Å². The number of rotatable bonds is 18. The first-order valence-electron chi connectivity index (χ1n) is 11.0. The molecule has 0 rings (SSSR count). The first kappa shape index (κ1) is 25.1. The summed E-state index contributed by atoms with van der Waals surface area (Å²) in [6, 6.07) is 0. The minimum atomic E-state index is -1.49. The molecule has 0 N–H and O–H groups in total. The van der Waals surface area contributed by atoms with Crippen molar-refractivity contribution in [3.05, 3.63) is 12.2 Å². The second-order valence-corrected chi connectivity index (χ2v) is 7.76. The molecule has 2 unspecified atom stereocenters. The predicted molar refractivity (Wildman–Crippen MR) is 110 cm³/mol. The largest absolute Gasteiger partial charge is 0.427 e. The quantitative estimate of drug-likeness (QED) is 0.139. The summed E-state index contributed by atoms with van der Waals surface area (Å²) >= 11 is 0. The van der Waals surface area contributed by atoms with Gasteiger partial charge < -0.3 is 4.74 Å². The fourth-order valence-corrected chi connectivity index (χ4v) is 3.26. The molecule has 0 saturated heterocycles. The van der Waals surface area contributed by atoms with Crippen molar-refractivity contribution in [2.45, 2.75) is 123 Å². The Bertz CT molecular complexity index is 354. The van der Waals surface area contributed by atoms with Crippen molar-refractivity contribution in [2.75, 3.05) is 0 Å². The van der Waals surface area contributed by atoms with Crippen LogP contribution in [0.25, 0.3) is 0 Å². The Balaban J connectivity index is 3.96. The van der Waals surface area contributed by atoms with Gasteiger partial charge in [-0.25, -0.2) is 9.18 Å².